The van der Waals surface area contributed by atoms with Crippen molar-refractivity contribution < 1.29 is 4.79 Å². The van der Waals surface area contributed by atoms with Crippen LogP contribution in [0.1, 0.15) is 26.7 Å². The van der Waals surface area contributed by atoms with Crippen molar-refractivity contribution in [2.24, 2.45) is 0 Å². The van der Waals surface area contributed by atoms with Crippen LogP contribution in [0, 0.1) is 0 Å². The van der Waals surface area contributed by atoms with E-state index in [0.29, 0.717) is 12.6 Å². The highest BCUT2D eigenvalue weighted by Gasteiger charge is 2.20. The van der Waals surface area contributed by atoms with Crippen LogP contribution >= 0.6 is 0 Å². The average Bonchev–Trinajstić information content (AvgIpc) is 2.65. The van der Waals surface area contributed by atoms with Gasteiger partial charge in [0, 0.05) is 32.6 Å². The lowest BCUT2D eigenvalue weighted by atomic mass is 10.3. The fourth-order valence-corrected chi connectivity index (χ4v) is 1.79. The van der Waals surface area contributed by atoms with Crippen LogP contribution in [0.4, 0.5) is 0 Å². The molecule has 14 heavy (non-hydrogen) atoms. The molecule has 1 aliphatic heterocycles. The van der Waals surface area contributed by atoms with Crippen molar-refractivity contribution in [3.63, 3.8) is 0 Å². The van der Waals surface area contributed by atoms with E-state index in [1.165, 1.54) is 0 Å². The summed E-state index contributed by atoms with van der Waals surface area (Å²) in [6, 6.07) is 0. The normalized spacial score (nSPS) is 22.6. The summed E-state index contributed by atoms with van der Waals surface area (Å²) >= 11 is 0. The van der Waals surface area contributed by atoms with Crippen molar-refractivity contribution in [2.45, 2.75) is 32.9 Å². The summed E-state index contributed by atoms with van der Waals surface area (Å²) < 4.78 is 0. The van der Waals surface area contributed by atoms with Crippen molar-refractivity contribution in [3.8, 4) is 0 Å². The van der Waals surface area contributed by atoms with Gasteiger partial charge in [0.15, 0.2) is 0 Å². The Hall–Kier alpha value is -0.610. The molecule has 1 heterocycles. The molecule has 4 heteroatoms. The quantitative estimate of drug-likeness (QED) is 0.662. The van der Waals surface area contributed by atoms with Crippen molar-refractivity contribution in [1.82, 2.24) is 15.5 Å². The molecule has 4 nitrogen and oxygen atoms in total. The van der Waals surface area contributed by atoms with Gasteiger partial charge in [-0.3, -0.25) is 9.69 Å². The predicted octanol–water partition coefficient (Wildman–Crippen LogP) is 0.154. The third-order valence-corrected chi connectivity index (χ3v) is 2.65. The van der Waals surface area contributed by atoms with Gasteiger partial charge in [-0.25, -0.2) is 0 Å². The van der Waals surface area contributed by atoms with Crippen LogP contribution in [-0.4, -0.2) is 43.2 Å². The molecule has 0 aromatic heterocycles. The fraction of sp³-hybridized carbons (Fsp3) is 0.900. The van der Waals surface area contributed by atoms with Gasteiger partial charge in [-0.2, -0.15) is 0 Å². The zero-order valence-electron chi connectivity index (χ0n) is 9.18. The Morgan fingerprint density at radius 1 is 1.57 bits per heavy atom. The molecule has 82 valence electrons. The summed E-state index contributed by atoms with van der Waals surface area (Å²) in [5, 5.41) is 6.32. The molecule has 0 bridgehead atoms. The number of amides is 1. The van der Waals surface area contributed by atoms with Gasteiger partial charge in [-0.1, -0.05) is 13.8 Å². The van der Waals surface area contributed by atoms with Gasteiger partial charge in [0.05, 0.1) is 6.17 Å². The number of carbonyl (C=O) groups is 1. The maximum atomic E-state index is 11.0. The van der Waals surface area contributed by atoms with Crippen molar-refractivity contribution in [2.75, 3.05) is 26.2 Å². The third kappa shape index (κ3) is 3.27. The van der Waals surface area contributed by atoms with Gasteiger partial charge in [0.25, 0.3) is 0 Å². The molecular weight excluding hydrogens is 178 g/mol. The van der Waals surface area contributed by atoms with Crippen LogP contribution in [-0.2, 0) is 4.79 Å². The number of hydrogen-bond acceptors (Lipinski definition) is 3. The number of rotatable bonds is 5. The Morgan fingerprint density at radius 3 is 3.00 bits per heavy atom. The maximum absolute atomic E-state index is 11.0. The topological polar surface area (TPSA) is 44.4 Å². The fourth-order valence-electron chi connectivity index (χ4n) is 1.79. The number of nitrogens with zero attached hydrogens (tertiary/aromatic N) is 1. The lowest BCUT2D eigenvalue weighted by Crippen LogP contribution is -2.40. The lowest BCUT2D eigenvalue weighted by Gasteiger charge is -2.22. The molecular formula is C10H21N3O. The van der Waals surface area contributed by atoms with Crippen LogP contribution < -0.4 is 10.6 Å². The molecule has 1 saturated heterocycles. The second-order valence-corrected chi connectivity index (χ2v) is 3.62. The van der Waals surface area contributed by atoms with Crippen LogP contribution in [0.2, 0.25) is 0 Å². The summed E-state index contributed by atoms with van der Waals surface area (Å²) in [4.78, 5) is 13.4. The minimum absolute atomic E-state index is 0.144. The maximum Gasteiger partial charge on any atom is 0.219 e. The molecule has 1 aliphatic rings. The van der Waals surface area contributed by atoms with Gasteiger partial charge in [0.2, 0.25) is 5.91 Å². The van der Waals surface area contributed by atoms with Crippen molar-refractivity contribution >= 4 is 5.91 Å². The first-order valence-corrected chi connectivity index (χ1v) is 5.52. The molecule has 1 fully saturated rings. The minimum Gasteiger partial charge on any atom is -0.355 e. The molecule has 0 radical (unpaired) electrons. The zero-order valence-corrected chi connectivity index (χ0v) is 9.18. The molecule has 1 rings (SSSR count). The van der Waals surface area contributed by atoms with Crippen LogP contribution in [0.3, 0.4) is 0 Å². The molecule has 0 spiro atoms. The Balaban J connectivity index is 2.14. The molecule has 1 unspecified atom stereocenters. The van der Waals surface area contributed by atoms with E-state index in [0.717, 1.165) is 32.6 Å². The van der Waals surface area contributed by atoms with E-state index in [4.69, 9.17) is 0 Å². The summed E-state index contributed by atoms with van der Waals surface area (Å²) in [6.07, 6.45) is 2.21. The number of hydrogen-bond donors (Lipinski definition) is 2. The third-order valence-electron chi connectivity index (χ3n) is 2.65. The van der Waals surface area contributed by atoms with Crippen LogP contribution in [0.15, 0.2) is 0 Å². The second-order valence-electron chi connectivity index (χ2n) is 3.62. The largest absolute Gasteiger partial charge is 0.355 e. The standard InChI is InChI=1S/C10H21N3O/c1-3-9-11-5-7-13(9)8-6-12-10(14)4-2/h9,11H,3-8H2,1-2H3,(H,12,14). The first-order valence-electron chi connectivity index (χ1n) is 5.52. The van der Waals surface area contributed by atoms with E-state index in [1.807, 2.05) is 6.92 Å². The van der Waals surface area contributed by atoms with Gasteiger partial charge in [-0.05, 0) is 6.42 Å². The van der Waals surface area contributed by atoms with E-state index >= 15 is 0 Å². The predicted molar refractivity (Wildman–Crippen MR) is 57.0 cm³/mol. The van der Waals surface area contributed by atoms with E-state index in [2.05, 4.69) is 22.5 Å². The monoisotopic (exact) mass is 199 g/mol. The van der Waals surface area contributed by atoms with Crippen LogP contribution in [0.5, 0.6) is 0 Å². The minimum atomic E-state index is 0.144. The van der Waals surface area contributed by atoms with Gasteiger partial charge >= 0.3 is 0 Å². The highest BCUT2D eigenvalue weighted by molar-refractivity contribution is 5.75. The molecule has 0 aromatic carbocycles. The average molecular weight is 199 g/mol. The Labute approximate surface area is 86.0 Å². The molecule has 1 amide bonds. The molecule has 0 aromatic rings. The Kier molecular flexibility index (Phi) is 4.90. The summed E-state index contributed by atoms with van der Waals surface area (Å²) in [6.45, 7) is 7.95. The van der Waals surface area contributed by atoms with Crippen molar-refractivity contribution in [1.29, 1.82) is 0 Å². The molecule has 2 N–H and O–H groups in total. The summed E-state index contributed by atoms with van der Waals surface area (Å²) in [5.74, 6) is 0.144. The summed E-state index contributed by atoms with van der Waals surface area (Å²) in [5.41, 5.74) is 0. The zero-order chi connectivity index (χ0) is 10.4. The van der Waals surface area contributed by atoms with Crippen LogP contribution in [0.25, 0.3) is 0 Å². The summed E-state index contributed by atoms with van der Waals surface area (Å²) in [7, 11) is 0. The lowest BCUT2D eigenvalue weighted by molar-refractivity contribution is -0.120. The highest BCUT2D eigenvalue weighted by atomic mass is 16.1. The SMILES string of the molecule is CCC(=O)NCCN1CCNC1CC. The molecule has 0 aliphatic carbocycles. The van der Waals surface area contributed by atoms with Gasteiger partial charge in [-0.15, -0.1) is 0 Å². The highest BCUT2D eigenvalue weighted by Crippen LogP contribution is 2.04. The smallest absolute Gasteiger partial charge is 0.219 e. The Bertz CT molecular complexity index is 184. The molecule has 0 saturated carbocycles. The Morgan fingerprint density at radius 2 is 2.36 bits per heavy atom. The van der Waals surface area contributed by atoms with E-state index in [9.17, 15) is 4.79 Å². The molecule has 1 atom stereocenters. The first-order chi connectivity index (χ1) is 6.77. The second kappa shape index (κ2) is 5.98. The van der Waals surface area contributed by atoms with Crippen molar-refractivity contribution in [3.05, 3.63) is 0 Å². The number of nitrogens with one attached hydrogen (secondary N) is 2. The van der Waals surface area contributed by atoms with Gasteiger partial charge in [0.1, 0.15) is 0 Å². The van der Waals surface area contributed by atoms with E-state index in [-0.39, 0.29) is 5.91 Å². The van der Waals surface area contributed by atoms with E-state index < -0.39 is 0 Å². The van der Waals surface area contributed by atoms with E-state index in [1.54, 1.807) is 0 Å². The van der Waals surface area contributed by atoms with Gasteiger partial charge < -0.3 is 10.6 Å². The first kappa shape index (κ1) is 11.5. The number of carbonyl (C=O) groups excluding carboxylic acids is 1.